The molecule has 0 spiro atoms. The zero-order valence-corrected chi connectivity index (χ0v) is 9.74. The van der Waals surface area contributed by atoms with E-state index in [1.165, 1.54) is 0 Å². The van der Waals surface area contributed by atoms with E-state index in [1.807, 2.05) is 6.07 Å². The van der Waals surface area contributed by atoms with E-state index >= 15 is 0 Å². The van der Waals surface area contributed by atoms with Crippen LogP contribution in [-0.4, -0.2) is 41.3 Å². The highest BCUT2D eigenvalue weighted by atomic mass is 16.4. The van der Waals surface area contributed by atoms with Crippen LogP contribution in [0.5, 0.6) is 0 Å². The minimum Gasteiger partial charge on any atom is -0.479 e. The molecule has 1 rings (SSSR count). The number of nitrogens with two attached hydrogens (primary N) is 1. The van der Waals surface area contributed by atoms with Gasteiger partial charge in [-0.1, -0.05) is 30.3 Å². The fourth-order valence-electron chi connectivity index (χ4n) is 1.49. The van der Waals surface area contributed by atoms with Crippen LogP contribution in [0.1, 0.15) is 11.5 Å². The Morgan fingerprint density at radius 3 is 2.39 bits per heavy atom. The molecule has 0 saturated heterocycles. The Morgan fingerprint density at radius 1 is 1.28 bits per heavy atom. The van der Waals surface area contributed by atoms with Crippen LogP contribution in [0.4, 0.5) is 0 Å². The molecular formula is C12H16N2O4. The van der Waals surface area contributed by atoms with Gasteiger partial charge in [0, 0.05) is 6.54 Å². The van der Waals surface area contributed by atoms with Crippen molar-refractivity contribution in [2.24, 2.45) is 5.73 Å². The Morgan fingerprint density at radius 2 is 1.89 bits per heavy atom. The maximum absolute atomic E-state index is 11.8. The molecule has 18 heavy (non-hydrogen) atoms. The summed E-state index contributed by atoms with van der Waals surface area (Å²) in [5, 5.41) is 19.9. The number of amides is 1. The lowest BCUT2D eigenvalue weighted by atomic mass is 9.98. The molecule has 0 aromatic heterocycles. The predicted octanol–water partition coefficient (Wildman–Crippen LogP) is -0.709. The standard InChI is InChI=1S/C12H16N2O4/c13-6-9(8-4-2-1-3-5-8)11(16)14-7-10(15)12(17)18/h1-5,9-10,15H,6-7,13H2,(H,14,16)(H,17,18). The van der Waals surface area contributed by atoms with Crippen molar-refractivity contribution in [3.05, 3.63) is 35.9 Å². The number of benzene rings is 1. The molecule has 0 aliphatic heterocycles. The van der Waals surface area contributed by atoms with Gasteiger partial charge in [0.25, 0.3) is 0 Å². The summed E-state index contributed by atoms with van der Waals surface area (Å²) in [6.45, 7) is -0.226. The van der Waals surface area contributed by atoms with Crippen LogP contribution >= 0.6 is 0 Å². The van der Waals surface area contributed by atoms with Crippen molar-refractivity contribution >= 4 is 11.9 Å². The summed E-state index contributed by atoms with van der Waals surface area (Å²) < 4.78 is 0. The van der Waals surface area contributed by atoms with Crippen molar-refractivity contribution in [3.8, 4) is 0 Å². The number of carboxylic acids is 1. The van der Waals surface area contributed by atoms with Crippen molar-refractivity contribution < 1.29 is 19.8 Å². The normalized spacial score (nSPS) is 13.7. The number of hydrogen-bond donors (Lipinski definition) is 4. The van der Waals surface area contributed by atoms with Crippen LogP contribution in [0.25, 0.3) is 0 Å². The fraction of sp³-hybridized carbons (Fsp3) is 0.333. The lowest BCUT2D eigenvalue weighted by molar-refractivity contribution is -0.146. The van der Waals surface area contributed by atoms with E-state index in [1.54, 1.807) is 24.3 Å². The summed E-state index contributed by atoms with van der Waals surface area (Å²) >= 11 is 0. The van der Waals surface area contributed by atoms with Gasteiger partial charge in [0.1, 0.15) is 0 Å². The minimum absolute atomic E-state index is 0.110. The van der Waals surface area contributed by atoms with Gasteiger partial charge in [0.15, 0.2) is 6.10 Å². The molecule has 0 aliphatic carbocycles. The highest BCUT2D eigenvalue weighted by Gasteiger charge is 2.21. The smallest absolute Gasteiger partial charge is 0.334 e. The van der Waals surface area contributed by atoms with Gasteiger partial charge < -0.3 is 21.3 Å². The quantitative estimate of drug-likeness (QED) is 0.534. The summed E-state index contributed by atoms with van der Waals surface area (Å²) in [5.74, 6) is -2.32. The average Bonchev–Trinajstić information content (AvgIpc) is 2.38. The average molecular weight is 252 g/mol. The van der Waals surface area contributed by atoms with Crippen molar-refractivity contribution in [2.75, 3.05) is 13.1 Å². The van der Waals surface area contributed by atoms with Gasteiger partial charge in [-0.15, -0.1) is 0 Å². The van der Waals surface area contributed by atoms with Gasteiger partial charge >= 0.3 is 5.97 Å². The second-order valence-corrected chi connectivity index (χ2v) is 3.80. The van der Waals surface area contributed by atoms with Crippen molar-refractivity contribution in [3.63, 3.8) is 0 Å². The topological polar surface area (TPSA) is 113 Å². The maximum Gasteiger partial charge on any atom is 0.334 e. The number of nitrogens with one attached hydrogen (secondary N) is 1. The Balaban J connectivity index is 2.61. The van der Waals surface area contributed by atoms with E-state index in [2.05, 4.69) is 5.32 Å². The van der Waals surface area contributed by atoms with Crippen molar-refractivity contribution in [1.29, 1.82) is 0 Å². The number of carboxylic acid groups (broad SMARTS) is 1. The number of carbonyl (C=O) groups excluding carboxylic acids is 1. The summed E-state index contributed by atoms with van der Waals surface area (Å²) in [7, 11) is 0. The zero-order chi connectivity index (χ0) is 13.5. The Labute approximate surface area is 104 Å². The lowest BCUT2D eigenvalue weighted by Gasteiger charge is -2.16. The molecule has 2 unspecified atom stereocenters. The molecule has 0 aliphatic rings. The van der Waals surface area contributed by atoms with Crippen molar-refractivity contribution in [2.45, 2.75) is 12.0 Å². The third kappa shape index (κ3) is 3.83. The van der Waals surface area contributed by atoms with Crippen LogP contribution in [0.2, 0.25) is 0 Å². The molecule has 0 radical (unpaired) electrons. The first-order valence-electron chi connectivity index (χ1n) is 5.50. The monoisotopic (exact) mass is 252 g/mol. The predicted molar refractivity (Wildman–Crippen MR) is 64.9 cm³/mol. The molecule has 2 atom stereocenters. The Bertz CT molecular complexity index is 408. The highest BCUT2D eigenvalue weighted by molar-refractivity contribution is 5.84. The largest absolute Gasteiger partial charge is 0.479 e. The number of hydrogen-bond acceptors (Lipinski definition) is 4. The zero-order valence-electron chi connectivity index (χ0n) is 9.74. The molecule has 6 heteroatoms. The summed E-state index contributed by atoms with van der Waals surface area (Å²) in [4.78, 5) is 22.2. The molecule has 0 fully saturated rings. The Hall–Kier alpha value is -1.92. The van der Waals surface area contributed by atoms with Gasteiger partial charge in [-0.3, -0.25) is 4.79 Å². The molecule has 0 heterocycles. The van der Waals surface area contributed by atoms with E-state index in [0.717, 1.165) is 5.56 Å². The van der Waals surface area contributed by atoms with Crippen LogP contribution in [0.3, 0.4) is 0 Å². The molecular weight excluding hydrogens is 236 g/mol. The number of aliphatic carboxylic acids is 1. The number of aliphatic hydroxyl groups is 1. The first-order valence-corrected chi connectivity index (χ1v) is 5.50. The second-order valence-electron chi connectivity index (χ2n) is 3.80. The first-order chi connectivity index (χ1) is 8.56. The highest BCUT2D eigenvalue weighted by Crippen LogP contribution is 2.13. The van der Waals surface area contributed by atoms with Crippen LogP contribution in [-0.2, 0) is 9.59 Å². The number of rotatable bonds is 6. The SMILES string of the molecule is NCC(C(=O)NCC(O)C(=O)O)c1ccccc1. The van der Waals surface area contributed by atoms with Crippen molar-refractivity contribution in [1.82, 2.24) is 5.32 Å². The Kier molecular flexibility index (Phi) is 5.29. The molecule has 1 aromatic carbocycles. The first kappa shape index (κ1) is 14.1. The fourth-order valence-corrected chi connectivity index (χ4v) is 1.49. The van der Waals surface area contributed by atoms with E-state index in [-0.39, 0.29) is 13.1 Å². The lowest BCUT2D eigenvalue weighted by Crippen LogP contribution is -2.40. The molecule has 98 valence electrons. The maximum atomic E-state index is 11.8. The minimum atomic E-state index is -1.61. The van der Waals surface area contributed by atoms with Crippen LogP contribution in [0, 0.1) is 0 Å². The van der Waals surface area contributed by atoms with Gasteiger partial charge in [-0.2, -0.15) is 0 Å². The second kappa shape index (κ2) is 6.73. The van der Waals surface area contributed by atoms with Gasteiger partial charge in [-0.25, -0.2) is 4.79 Å². The third-order valence-corrected chi connectivity index (χ3v) is 2.51. The summed E-state index contributed by atoms with van der Waals surface area (Å²) in [6, 6.07) is 8.94. The van der Waals surface area contributed by atoms with Gasteiger partial charge in [0.05, 0.1) is 12.5 Å². The third-order valence-electron chi connectivity index (χ3n) is 2.51. The van der Waals surface area contributed by atoms with E-state index < -0.39 is 23.9 Å². The number of aliphatic hydroxyl groups excluding tert-OH is 1. The molecule has 6 nitrogen and oxygen atoms in total. The van der Waals surface area contributed by atoms with E-state index in [0.29, 0.717) is 0 Å². The van der Waals surface area contributed by atoms with Crippen LogP contribution < -0.4 is 11.1 Å². The van der Waals surface area contributed by atoms with Gasteiger partial charge in [-0.05, 0) is 5.56 Å². The van der Waals surface area contributed by atoms with Gasteiger partial charge in [0.2, 0.25) is 5.91 Å². The number of carbonyl (C=O) groups is 2. The molecule has 1 aromatic rings. The molecule has 5 N–H and O–H groups in total. The summed E-state index contributed by atoms with van der Waals surface area (Å²) in [5.41, 5.74) is 6.28. The molecule has 0 saturated carbocycles. The molecule has 0 bridgehead atoms. The van der Waals surface area contributed by atoms with E-state index in [4.69, 9.17) is 15.9 Å². The van der Waals surface area contributed by atoms with Crippen LogP contribution in [0.15, 0.2) is 30.3 Å². The summed E-state index contributed by atoms with van der Waals surface area (Å²) in [6.07, 6.45) is -1.61. The molecule has 1 amide bonds. The van der Waals surface area contributed by atoms with E-state index in [9.17, 15) is 9.59 Å².